The Morgan fingerprint density at radius 1 is 1.04 bits per heavy atom. The second kappa shape index (κ2) is 8.73. The Labute approximate surface area is 147 Å². The smallest absolute Gasteiger partial charge is 0.253 e. The van der Waals surface area contributed by atoms with E-state index in [9.17, 15) is 9.59 Å². The van der Waals surface area contributed by atoms with Gasteiger partial charge in [0.05, 0.1) is 18.8 Å². The number of nitrogens with one attached hydrogen (secondary N) is 2. The van der Waals surface area contributed by atoms with Crippen molar-refractivity contribution in [3.63, 3.8) is 0 Å². The Balaban J connectivity index is 1.91. The molecule has 25 heavy (non-hydrogen) atoms. The summed E-state index contributed by atoms with van der Waals surface area (Å²) >= 11 is 0. The Kier molecular flexibility index (Phi) is 6.39. The van der Waals surface area contributed by atoms with E-state index in [1.165, 1.54) is 4.90 Å². The van der Waals surface area contributed by atoms with Gasteiger partial charge in [0.25, 0.3) is 5.91 Å². The van der Waals surface area contributed by atoms with Crippen molar-refractivity contribution < 1.29 is 14.3 Å². The average molecular weight is 341 g/mol. The van der Waals surface area contributed by atoms with E-state index >= 15 is 0 Å². The summed E-state index contributed by atoms with van der Waals surface area (Å²) in [6.45, 7) is 2.58. The molecule has 132 valence electrons. The lowest BCUT2D eigenvalue weighted by Crippen LogP contribution is -2.23. The number of carbonyl (C=O) groups excluding carboxylic acids is 2. The molecule has 0 aliphatic heterocycles. The summed E-state index contributed by atoms with van der Waals surface area (Å²) in [5.74, 6) is 0.453. The molecule has 2 rings (SSSR count). The summed E-state index contributed by atoms with van der Waals surface area (Å²) in [5.41, 5.74) is 1.98. The third-order valence-electron chi connectivity index (χ3n) is 3.45. The van der Waals surface area contributed by atoms with E-state index in [0.29, 0.717) is 23.6 Å². The van der Waals surface area contributed by atoms with Crippen molar-refractivity contribution in [2.75, 3.05) is 37.9 Å². The summed E-state index contributed by atoms with van der Waals surface area (Å²) in [7, 11) is 3.40. The van der Waals surface area contributed by atoms with Gasteiger partial charge < -0.3 is 20.3 Å². The second-order valence-corrected chi connectivity index (χ2v) is 5.61. The molecule has 0 heterocycles. The van der Waals surface area contributed by atoms with Crippen molar-refractivity contribution in [3.05, 3.63) is 54.1 Å². The highest BCUT2D eigenvalue weighted by Crippen LogP contribution is 2.23. The van der Waals surface area contributed by atoms with Crippen LogP contribution in [0, 0.1) is 0 Å². The lowest BCUT2D eigenvalue weighted by atomic mass is 10.2. The van der Waals surface area contributed by atoms with E-state index in [1.54, 1.807) is 38.4 Å². The molecule has 2 amide bonds. The minimum atomic E-state index is -0.182. The number of carbonyl (C=O) groups is 2. The van der Waals surface area contributed by atoms with E-state index in [0.717, 1.165) is 5.69 Å². The van der Waals surface area contributed by atoms with E-state index in [2.05, 4.69) is 10.6 Å². The fraction of sp³-hybridized carbons (Fsp3) is 0.263. The molecule has 0 saturated carbocycles. The molecule has 0 fully saturated rings. The van der Waals surface area contributed by atoms with Crippen molar-refractivity contribution in [2.24, 2.45) is 0 Å². The predicted molar refractivity (Wildman–Crippen MR) is 99.2 cm³/mol. The van der Waals surface area contributed by atoms with Crippen molar-refractivity contribution in [3.8, 4) is 5.75 Å². The minimum absolute atomic E-state index is 0.0768. The van der Waals surface area contributed by atoms with Gasteiger partial charge in [0.1, 0.15) is 5.75 Å². The van der Waals surface area contributed by atoms with Crippen LogP contribution in [-0.4, -0.2) is 44.0 Å². The van der Waals surface area contributed by atoms with Crippen molar-refractivity contribution >= 4 is 23.2 Å². The van der Waals surface area contributed by atoms with Gasteiger partial charge in [0.2, 0.25) is 5.91 Å². The van der Waals surface area contributed by atoms with Gasteiger partial charge in [-0.25, -0.2) is 0 Å². The molecular formula is C19H23N3O3. The first-order chi connectivity index (χ1) is 12.0. The first-order valence-corrected chi connectivity index (χ1v) is 8.08. The molecule has 0 radical (unpaired) electrons. The Morgan fingerprint density at radius 3 is 2.36 bits per heavy atom. The highest BCUT2D eigenvalue weighted by molar-refractivity contribution is 5.96. The molecule has 2 aromatic rings. The zero-order chi connectivity index (χ0) is 18.2. The van der Waals surface area contributed by atoms with Gasteiger partial charge in [0.15, 0.2) is 0 Å². The third-order valence-corrected chi connectivity index (χ3v) is 3.45. The van der Waals surface area contributed by atoms with Crippen molar-refractivity contribution in [2.45, 2.75) is 6.92 Å². The fourth-order valence-electron chi connectivity index (χ4n) is 2.23. The van der Waals surface area contributed by atoms with E-state index in [1.807, 2.05) is 31.2 Å². The predicted octanol–water partition coefficient (Wildman–Crippen LogP) is 2.84. The number of rotatable bonds is 7. The maximum absolute atomic E-state index is 12.1. The van der Waals surface area contributed by atoms with Gasteiger partial charge in [-0.15, -0.1) is 0 Å². The zero-order valence-corrected chi connectivity index (χ0v) is 14.7. The van der Waals surface area contributed by atoms with Crippen LogP contribution in [0.25, 0.3) is 0 Å². The molecule has 0 aliphatic carbocycles. The Morgan fingerprint density at radius 2 is 1.72 bits per heavy atom. The normalized spacial score (nSPS) is 10.0. The molecule has 2 aromatic carbocycles. The molecule has 0 spiro atoms. The summed E-state index contributed by atoms with van der Waals surface area (Å²) in [6, 6.07) is 14.3. The molecule has 0 atom stereocenters. The molecule has 6 heteroatoms. The molecule has 0 unspecified atom stereocenters. The van der Waals surface area contributed by atoms with Crippen LogP contribution in [0.15, 0.2) is 48.5 Å². The SMILES string of the molecule is CCOc1ccccc1NCC(=O)Nc1ccc(C(=O)N(C)C)cc1. The largest absolute Gasteiger partial charge is 0.492 e. The maximum Gasteiger partial charge on any atom is 0.253 e. The fourth-order valence-corrected chi connectivity index (χ4v) is 2.23. The second-order valence-electron chi connectivity index (χ2n) is 5.61. The van der Waals surface area contributed by atoms with Crippen LogP contribution in [0.4, 0.5) is 11.4 Å². The Bertz CT molecular complexity index is 727. The molecule has 6 nitrogen and oxygen atoms in total. The average Bonchev–Trinajstić information content (AvgIpc) is 2.61. The van der Waals surface area contributed by atoms with Gasteiger partial charge in [-0.3, -0.25) is 9.59 Å². The third kappa shape index (κ3) is 5.24. The number of ether oxygens (including phenoxy) is 1. The quantitative estimate of drug-likeness (QED) is 0.812. The number of amides is 2. The van der Waals surface area contributed by atoms with Crippen LogP contribution in [0.1, 0.15) is 17.3 Å². The molecule has 0 aromatic heterocycles. The number of hydrogen-bond acceptors (Lipinski definition) is 4. The van der Waals surface area contributed by atoms with Gasteiger partial charge >= 0.3 is 0 Å². The molecule has 0 aliphatic rings. The van der Waals surface area contributed by atoms with Crippen LogP contribution in [0.3, 0.4) is 0 Å². The molecular weight excluding hydrogens is 318 g/mol. The van der Waals surface area contributed by atoms with Crippen LogP contribution in [0.2, 0.25) is 0 Å². The van der Waals surface area contributed by atoms with Crippen LogP contribution in [0.5, 0.6) is 5.75 Å². The molecule has 0 saturated heterocycles. The summed E-state index contributed by atoms with van der Waals surface area (Å²) in [5, 5.41) is 5.86. The van der Waals surface area contributed by atoms with Crippen LogP contribution >= 0.6 is 0 Å². The molecule has 0 bridgehead atoms. The van der Waals surface area contributed by atoms with Crippen molar-refractivity contribution in [1.29, 1.82) is 0 Å². The van der Waals surface area contributed by atoms with Gasteiger partial charge in [-0.2, -0.15) is 0 Å². The molecule has 2 N–H and O–H groups in total. The first kappa shape index (κ1) is 18.3. The van der Waals surface area contributed by atoms with Crippen LogP contribution < -0.4 is 15.4 Å². The highest BCUT2D eigenvalue weighted by atomic mass is 16.5. The topological polar surface area (TPSA) is 70.7 Å². The number of anilines is 2. The summed E-state index contributed by atoms with van der Waals surface area (Å²) in [6.07, 6.45) is 0. The standard InChI is InChI=1S/C19H23N3O3/c1-4-25-17-8-6-5-7-16(17)20-13-18(23)21-15-11-9-14(10-12-15)19(24)22(2)3/h5-12,20H,4,13H2,1-3H3,(H,21,23). The van der Waals surface area contributed by atoms with Gasteiger partial charge in [0, 0.05) is 25.3 Å². The zero-order valence-electron chi connectivity index (χ0n) is 14.7. The minimum Gasteiger partial charge on any atom is -0.492 e. The van der Waals surface area contributed by atoms with E-state index in [4.69, 9.17) is 4.74 Å². The monoisotopic (exact) mass is 341 g/mol. The van der Waals surface area contributed by atoms with Crippen molar-refractivity contribution in [1.82, 2.24) is 4.90 Å². The highest BCUT2D eigenvalue weighted by Gasteiger charge is 2.09. The maximum atomic E-state index is 12.1. The number of para-hydroxylation sites is 2. The van der Waals surface area contributed by atoms with E-state index < -0.39 is 0 Å². The first-order valence-electron chi connectivity index (χ1n) is 8.08. The van der Waals surface area contributed by atoms with E-state index in [-0.39, 0.29) is 18.4 Å². The number of hydrogen-bond donors (Lipinski definition) is 2. The Hall–Kier alpha value is -3.02. The number of nitrogens with zero attached hydrogens (tertiary/aromatic N) is 1. The summed E-state index contributed by atoms with van der Waals surface area (Å²) < 4.78 is 5.51. The van der Waals surface area contributed by atoms with Gasteiger partial charge in [-0.05, 0) is 43.3 Å². The summed E-state index contributed by atoms with van der Waals surface area (Å²) in [4.78, 5) is 25.4. The van der Waals surface area contributed by atoms with Crippen LogP contribution in [-0.2, 0) is 4.79 Å². The number of benzene rings is 2. The lowest BCUT2D eigenvalue weighted by molar-refractivity contribution is -0.114. The lowest BCUT2D eigenvalue weighted by Gasteiger charge is -2.13. The van der Waals surface area contributed by atoms with Gasteiger partial charge in [-0.1, -0.05) is 12.1 Å².